The second-order valence-corrected chi connectivity index (χ2v) is 5.00. The minimum atomic E-state index is 0.545. The van der Waals surface area contributed by atoms with Gasteiger partial charge in [-0.25, -0.2) is 0 Å². The molecule has 3 heteroatoms. The molecule has 108 valence electrons. The van der Waals surface area contributed by atoms with Crippen LogP contribution < -0.4 is 14.8 Å². The summed E-state index contributed by atoms with van der Waals surface area (Å²) in [4.78, 5) is 0. The summed E-state index contributed by atoms with van der Waals surface area (Å²) < 4.78 is 10.6. The van der Waals surface area contributed by atoms with Gasteiger partial charge in [-0.15, -0.1) is 0 Å². The summed E-state index contributed by atoms with van der Waals surface area (Å²) in [5.74, 6) is 1.68. The van der Waals surface area contributed by atoms with E-state index in [-0.39, 0.29) is 0 Å². The molecule has 0 aliphatic carbocycles. The van der Waals surface area contributed by atoms with Gasteiger partial charge in [0.25, 0.3) is 0 Å². The minimum absolute atomic E-state index is 0.545. The van der Waals surface area contributed by atoms with Gasteiger partial charge in [0.15, 0.2) is 0 Å². The molecular formula is C16H27NO2. The molecule has 1 rings (SSSR count). The van der Waals surface area contributed by atoms with Gasteiger partial charge in [0.1, 0.15) is 11.5 Å². The van der Waals surface area contributed by atoms with Crippen molar-refractivity contribution in [1.82, 2.24) is 5.32 Å². The Labute approximate surface area is 117 Å². The molecule has 1 unspecified atom stereocenters. The number of hydrogen-bond acceptors (Lipinski definition) is 3. The molecule has 0 amide bonds. The Hall–Kier alpha value is -1.22. The van der Waals surface area contributed by atoms with Crippen molar-refractivity contribution < 1.29 is 9.47 Å². The lowest BCUT2D eigenvalue weighted by Gasteiger charge is -2.14. The summed E-state index contributed by atoms with van der Waals surface area (Å²) in [5, 5.41) is 3.55. The maximum atomic E-state index is 5.28. The lowest BCUT2D eigenvalue weighted by Crippen LogP contribution is -2.25. The van der Waals surface area contributed by atoms with E-state index in [0.29, 0.717) is 6.04 Å². The van der Waals surface area contributed by atoms with Crippen LogP contribution in [0, 0.1) is 0 Å². The van der Waals surface area contributed by atoms with Crippen molar-refractivity contribution in [2.75, 3.05) is 14.2 Å². The molecule has 0 spiro atoms. The van der Waals surface area contributed by atoms with E-state index in [1.54, 1.807) is 14.2 Å². The Bertz CT molecular complexity index is 344. The largest absolute Gasteiger partial charge is 0.497 e. The monoisotopic (exact) mass is 265 g/mol. The topological polar surface area (TPSA) is 30.5 Å². The average Bonchev–Trinajstić information content (AvgIpc) is 2.45. The quantitative estimate of drug-likeness (QED) is 0.690. The molecule has 0 saturated carbocycles. The molecule has 19 heavy (non-hydrogen) atoms. The van der Waals surface area contributed by atoms with E-state index in [4.69, 9.17) is 9.47 Å². The molecule has 0 saturated heterocycles. The van der Waals surface area contributed by atoms with Gasteiger partial charge in [-0.05, 0) is 31.0 Å². The van der Waals surface area contributed by atoms with Crippen LogP contribution in [0.2, 0.25) is 0 Å². The molecule has 0 fully saturated rings. The number of hydrogen-bond donors (Lipinski definition) is 1. The van der Waals surface area contributed by atoms with E-state index in [0.717, 1.165) is 18.0 Å². The van der Waals surface area contributed by atoms with E-state index < -0.39 is 0 Å². The smallest absolute Gasteiger partial charge is 0.122 e. The first-order valence-corrected chi connectivity index (χ1v) is 7.15. The molecule has 1 atom stereocenters. The van der Waals surface area contributed by atoms with Crippen molar-refractivity contribution in [2.24, 2.45) is 0 Å². The predicted molar refractivity (Wildman–Crippen MR) is 80.0 cm³/mol. The lowest BCUT2D eigenvalue weighted by atomic mass is 10.1. The number of rotatable bonds is 9. The summed E-state index contributed by atoms with van der Waals surface area (Å²) in [6.07, 6.45) is 5.12. The standard InChI is InChI=1S/C16H27NO2/c1-5-6-7-8-13(2)17-12-14-9-15(18-3)11-16(10-14)19-4/h9-11,13,17H,5-8,12H2,1-4H3. The Balaban J connectivity index is 2.47. The number of ether oxygens (including phenoxy) is 2. The van der Waals surface area contributed by atoms with Gasteiger partial charge >= 0.3 is 0 Å². The summed E-state index contributed by atoms with van der Waals surface area (Å²) in [5.41, 5.74) is 1.19. The molecule has 1 aromatic rings. The van der Waals surface area contributed by atoms with Gasteiger partial charge in [0.2, 0.25) is 0 Å². The van der Waals surface area contributed by atoms with Crippen molar-refractivity contribution in [3.63, 3.8) is 0 Å². The molecule has 0 radical (unpaired) electrons. The van der Waals surface area contributed by atoms with Crippen LogP contribution in [0.1, 0.15) is 45.1 Å². The molecule has 0 heterocycles. The van der Waals surface area contributed by atoms with Crippen LogP contribution in [-0.2, 0) is 6.54 Å². The summed E-state index contributed by atoms with van der Waals surface area (Å²) in [7, 11) is 3.36. The van der Waals surface area contributed by atoms with Crippen molar-refractivity contribution >= 4 is 0 Å². The van der Waals surface area contributed by atoms with E-state index in [2.05, 4.69) is 19.2 Å². The van der Waals surface area contributed by atoms with Gasteiger partial charge in [0, 0.05) is 18.7 Å². The van der Waals surface area contributed by atoms with Crippen molar-refractivity contribution in [2.45, 2.75) is 52.1 Å². The molecule has 1 N–H and O–H groups in total. The van der Waals surface area contributed by atoms with Crippen molar-refractivity contribution in [1.29, 1.82) is 0 Å². The van der Waals surface area contributed by atoms with Crippen LogP contribution in [0.15, 0.2) is 18.2 Å². The summed E-state index contributed by atoms with van der Waals surface area (Å²) in [6, 6.07) is 6.54. The number of methoxy groups -OCH3 is 2. The second-order valence-electron chi connectivity index (χ2n) is 5.00. The van der Waals surface area contributed by atoms with E-state index >= 15 is 0 Å². The molecule has 0 aromatic heterocycles. The first kappa shape index (κ1) is 15.8. The van der Waals surface area contributed by atoms with Gasteiger partial charge in [0.05, 0.1) is 14.2 Å². The predicted octanol–water partition coefficient (Wildman–Crippen LogP) is 3.76. The highest BCUT2D eigenvalue weighted by atomic mass is 16.5. The third-order valence-corrected chi connectivity index (χ3v) is 3.31. The Morgan fingerprint density at radius 2 is 1.68 bits per heavy atom. The van der Waals surface area contributed by atoms with Crippen LogP contribution in [0.5, 0.6) is 11.5 Å². The van der Waals surface area contributed by atoms with E-state index in [1.165, 1.54) is 31.2 Å². The van der Waals surface area contributed by atoms with Crippen LogP contribution in [0.4, 0.5) is 0 Å². The fourth-order valence-electron chi connectivity index (χ4n) is 2.06. The van der Waals surface area contributed by atoms with Crippen LogP contribution in [-0.4, -0.2) is 20.3 Å². The van der Waals surface area contributed by atoms with Crippen molar-refractivity contribution in [3.05, 3.63) is 23.8 Å². The second kappa shape index (κ2) is 8.81. The molecule has 0 aliphatic heterocycles. The Kier molecular flexibility index (Phi) is 7.34. The van der Waals surface area contributed by atoms with Gasteiger partial charge < -0.3 is 14.8 Å². The normalized spacial score (nSPS) is 12.2. The number of nitrogens with one attached hydrogen (secondary N) is 1. The highest BCUT2D eigenvalue weighted by molar-refractivity contribution is 5.38. The minimum Gasteiger partial charge on any atom is -0.497 e. The zero-order valence-electron chi connectivity index (χ0n) is 12.7. The molecule has 3 nitrogen and oxygen atoms in total. The lowest BCUT2D eigenvalue weighted by molar-refractivity contribution is 0.392. The SMILES string of the molecule is CCCCCC(C)NCc1cc(OC)cc(OC)c1. The summed E-state index contributed by atoms with van der Waals surface area (Å²) in [6.45, 7) is 5.33. The molecule has 0 bridgehead atoms. The van der Waals surface area contributed by atoms with Gasteiger partial charge in [-0.1, -0.05) is 26.2 Å². The Morgan fingerprint density at radius 1 is 1.05 bits per heavy atom. The zero-order valence-corrected chi connectivity index (χ0v) is 12.7. The highest BCUT2D eigenvalue weighted by Crippen LogP contribution is 2.22. The molecule has 1 aromatic carbocycles. The number of benzene rings is 1. The van der Waals surface area contributed by atoms with Crippen LogP contribution in [0.25, 0.3) is 0 Å². The Morgan fingerprint density at radius 3 is 2.21 bits per heavy atom. The van der Waals surface area contributed by atoms with Crippen molar-refractivity contribution in [3.8, 4) is 11.5 Å². The highest BCUT2D eigenvalue weighted by Gasteiger charge is 2.04. The fraction of sp³-hybridized carbons (Fsp3) is 0.625. The van der Waals surface area contributed by atoms with E-state index in [1.807, 2.05) is 18.2 Å². The third kappa shape index (κ3) is 5.97. The van der Waals surface area contributed by atoms with Gasteiger partial charge in [-0.2, -0.15) is 0 Å². The summed E-state index contributed by atoms with van der Waals surface area (Å²) >= 11 is 0. The number of unbranched alkanes of at least 4 members (excludes halogenated alkanes) is 2. The first-order valence-electron chi connectivity index (χ1n) is 7.15. The first-order chi connectivity index (χ1) is 9.19. The van der Waals surface area contributed by atoms with Crippen LogP contribution >= 0.6 is 0 Å². The molecule has 0 aliphatic rings. The van der Waals surface area contributed by atoms with Gasteiger partial charge in [-0.3, -0.25) is 0 Å². The average molecular weight is 265 g/mol. The fourth-order valence-corrected chi connectivity index (χ4v) is 2.06. The third-order valence-electron chi connectivity index (χ3n) is 3.31. The maximum absolute atomic E-state index is 5.28. The van der Waals surface area contributed by atoms with E-state index in [9.17, 15) is 0 Å². The van der Waals surface area contributed by atoms with Crippen LogP contribution in [0.3, 0.4) is 0 Å². The zero-order chi connectivity index (χ0) is 14.1. The molecular weight excluding hydrogens is 238 g/mol. The maximum Gasteiger partial charge on any atom is 0.122 e.